The number of nitrogens with zero attached hydrogens (tertiary/aromatic N) is 3. The summed E-state index contributed by atoms with van der Waals surface area (Å²) in [4.78, 5) is 25.7. The first-order valence-corrected chi connectivity index (χ1v) is 12.6. The monoisotopic (exact) mass is 559 g/mol. The van der Waals surface area contributed by atoms with E-state index in [0.717, 1.165) is 9.87 Å². The molecule has 0 N–H and O–H groups in total. The van der Waals surface area contributed by atoms with Crippen LogP contribution in [0.4, 0.5) is 10.5 Å². The third-order valence-electron chi connectivity index (χ3n) is 5.78. The second-order valence-electron chi connectivity index (χ2n) is 7.93. The highest BCUT2D eigenvalue weighted by atomic mass is 79.9. The minimum absolute atomic E-state index is 0.0227. The van der Waals surface area contributed by atoms with Crippen LogP contribution in [0.2, 0.25) is 0 Å². The Morgan fingerprint density at radius 1 is 1.06 bits per heavy atom. The second-order valence-corrected chi connectivity index (χ2v) is 10.3. The van der Waals surface area contributed by atoms with Gasteiger partial charge in [0.1, 0.15) is 18.8 Å². The predicted octanol–water partition coefficient (Wildman–Crippen LogP) is 4.56. The molecule has 0 aromatic heterocycles. The predicted molar refractivity (Wildman–Crippen MR) is 128 cm³/mol. The SMILES string of the molecule is O=C(OCc1ccccc1)N1c2ccccc2[C@H](C[N+](=O)[O-])N2[C@@H]1c1cc(Br)ccc1OS2(=O)=O. The first-order valence-electron chi connectivity index (χ1n) is 10.5. The van der Waals surface area contributed by atoms with Gasteiger partial charge in [0.2, 0.25) is 6.54 Å². The fraction of sp³-hybridized carbons (Fsp3) is 0.174. The van der Waals surface area contributed by atoms with Crippen LogP contribution in [-0.2, 0) is 21.6 Å². The Morgan fingerprint density at radius 3 is 2.51 bits per heavy atom. The molecule has 3 aromatic rings. The number of halogens is 1. The van der Waals surface area contributed by atoms with Gasteiger partial charge in [0.15, 0.2) is 5.75 Å². The average molecular weight is 560 g/mol. The molecule has 0 saturated heterocycles. The fourth-order valence-electron chi connectivity index (χ4n) is 4.36. The largest absolute Gasteiger partial charge is 0.444 e. The Bertz CT molecular complexity index is 1420. The molecule has 2 atom stereocenters. The molecule has 3 aromatic carbocycles. The highest BCUT2D eigenvalue weighted by Gasteiger charge is 2.54. The van der Waals surface area contributed by atoms with Gasteiger partial charge in [-0.25, -0.2) is 4.79 Å². The van der Waals surface area contributed by atoms with E-state index in [-0.39, 0.29) is 12.4 Å². The summed E-state index contributed by atoms with van der Waals surface area (Å²) < 4.78 is 39.0. The van der Waals surface area contributed by atoms with E-state index in [4.69, 9.17) is 8.92 Å². The second kappa shape index (κ2) is 8.95. The van der Waals surface area contributed by atoms with Gasteiger partial charge in [-0.3, -0.25) is 15.0 Å². The molecule has 35 heavy (non-hydrogen) atoms. The Kier molecular flexibility index (Phi) is 5.95. The van der Waals surface area contributed by atoms with Crippen molar-refractivity contribution in [3.8, 4) is 5.75 Å². The summed E-state index contributed by atoms with van der Waals surface area (Å²) in [7, 11) is -4.52. The van der Waals surface area contributed by atoms with E-state index >= 15 is 0 Å². The quantitative estimate of drug-likeness (QED) is 0.339. The zero-order chi connectivity index (χ0) is 24.7. The molecule has 12 heteroatoms. The Morgan fingerprint density at radius 2 is 1.77 bits per heavy atom. The lowest BCUT2D eigenvalue weighted by Gasteiger charge is -2.47. The van der Waals surface area contributed by atoms with Crippen LogP contribution in [-0.4, -0.2) is 30.3 Å². The van der Waals surface area contributed by atoms with Crippen molar-refractivity contribution in [3.63, 3.8) is 0 Å². The van der Waals surface area contributed by atoms with Gasteiger partial charge in [0.25, 0.3) is 0 Å². The fourth-order valence-corrected chi connectivity index (χ4v) is 6.14. The molecular weight excluding hydrogens is 542 g/mol. The normalized spacial score (nSPS) is 20.1. The van der Waals surface area contributed by atoms with E-state index < -0.39 is 40.1 Å². The summed E-state index contributed by atoms with van der Waals surface area (Å²) in [6, 6.07) is 19.0. The van der Waals surface area contributed by atoms with Crippen molar-refractivity contribution in [2.24, 2.45) is 0 Å². The lowest BCUT2D eigenvalue weighted by atomic mass is 9.97. The lowest BCUT2D eigenvalue weighted by molar-refractivity contribution is -0.487. The average Bonchev–Trinajstić information content (AvgIpc) is 2.83. The smallest absolute Gasteiger partial charge is 0.416 e. The molecule has 0 spiro atoms. The number of ether oxygens (including phenoxy) is 1. The maximum atomic E-state index is 13.5. The van der Waals surface area contributed by atoms with Crippen LogP contribution in [0.5, 0.6) is 5.75 Å². The molecule has 0 bridgehead atoms. The van der Waals surface area contributed by atoms with Crippen molar-refractivity contribution in [2.75, 3.05) is 11.4 Å². The Balaban J connectivity index is 1.68. The molecule has 5 rings (SSSR count). The van der Waals surface area contributed by atoms with Gasteiger partial charge >= 0.3 is 16.4 Å². The van der Waals surface area contributed by atoms with E-state index in [2.05, 4.69) is 15.9 Å². The number of benzene rings is 3. The van der Waals surface area contributed by atoms with E-state index in [1.54, 1.807) is 48.5 Å². The van der Waals surface area contributed by atoms with Crippen molar-refractivity contribution in [1.82, 2.24) is 4.31 Å². The van der Waals surface area contributed by atoms with Crippen molar-refractivity contribution in [1.29, 1.82) is 0 Å². The molecule has 1 amide bonds. The number of anilines is 1. The standard InChI is InChI=1S/C23H18BrN3O7S/c24-16-10-11-21-18(12-16)22-26(23(28)33-14-15-6-2-1-3-7-15)19-9-5-4-8-17(19)20(13-25(29)30)27(22)35(31,32)34-21/h1-12,20,22H,13-14H2/t20-,22+/m0/s1. The topological polar surface area (TPSA) is 119 Å². The van der Waals surface area contributed by atoms with E-state index in [1.165, 1.54) is 11.0 Å². The van der Waals surface area contributed by atoms with Crippen molar-refractivity contribution in [3.05, 3.63) is 104 Å². The van der Waals surface area contributed by atoms with Crippen LogP contribution in [0.1, 0.15) is 28.9 Å². The van der Waals surface area contributed by atoms with Crippen LogP contribution in [0.25, 0.3) is 0 Å². The first-order chi connectivity index (χ1) is 16.8. The van der Waals surface area contributed by atoms with Crippen LogP contribution in [0.3, 0.4) is 0 Å². The summed E-state index contributed by atoms with van der Waals surface area (Å²) in [6.45, 7) is -0.760. The van der Waals surface area contributed by atoms with Gasteiger partial charge in [-0.15, -0.1) is 4.31 Å². The lowest BCUT2D eigenvalue weighted by Crippen LogP contribution is -2.56. The van der Waals surface area contributed by atoms with Gasteiger partial charge in [-0.1, -0.05) is 64.5 Å². The van der Waals surface area contributed by atoms with Crippen LogP contribution < -0.4 is 9.08 Å². The van der Waals surface area contributed by atoms with Gasteiger partial charge in [-0.05, 0) is 29.8 Å². The number of hydrogen-bond donors (Lipinski definition) is 0. The molecule has 0 aliphatic carbocycles. The van der Waals surface area contributed by atoms with Gasteiger partial charge in [-0.2, -0.15) is 8.42 Å². The van der Waals surface area contributed by atoms with Crippen molar-refractivity contribution in [2.45, 2.75) is 18.8 Å². The number of nitro groups is 1. The molecule has 2 aliphatic rings. The minimum atomic E-state index is -4.52. The Hall–Kier alpha value is -3.48. The number of carbonyl (C=O) groups is 1. The van der Waals surface area contributed by atoms with Gasteiger partial charge in [0, 0.05) is 20.5 Å². The molecule has 0 fully saturated rings. The molecule has 2 heterocycles. The molecule has 0 unspecified atom stereocenters. The van der Waals surface area contributed by atoms with Crippen LogP contribution >= 0.6 is 15.9 Å². The zero-order valence-corrected chi connectivity index (χ0v) is 20.4. The van der Waals surface area contributed by atoms with E-state index in [0.29, 0.717) is 21.3 Å². The Labute approximate surface area is 209 Å². The third kappa shape index (κ3) is 4.24. The molecule has 0 radical (unpaired) electrons. The molecule has 180 valence electrons. The summed E-state index contributed by atoms with van der Waals surface area (Å²) in [6.07, 6.45) is -2.07. The summed E-state index contributed by atoms with van der Waals surface area (Å²) >= 11 is 3.37. The van der Waals surface area contributed by atoms with E-state index in [9.17, 15) is 23.3 Å². The number of hydrogen-bond acceptors (Lipinski definition) is 7. The third-order valence-corrected chi connectivity index (χ3v) is 7.63. The summed E-state index contributed by atoms with van der Waals surface area (Å²) in [5.74, 6) is 0.0227. The molecule has 10 nitrogen and oxygen atoms in total. The molecular formula is C23H18BrN3O7S. The van der Waals surface area contributed by atoms with Crippen molar-refractivity contribution < 1.29 is 27.1 Å². The van der Waals surface area contributed by atoms with Crippen LogP contribution in [0, 0.1) is 10.1 Å². The van der Waals surface area contributed by atoms with Gasteiger partial charge in [0.05, 0.1) is 5.69 Å². The maximum Gasteiger partial charge on any atom is 0.416 e. The molecule has 2 aliphatic heterocycles. The van der Waals surface area contributed by atoms with Crippen molar-refractivity contribution >= 4 is 38.0 Å². The maximum absolute atomic E-state index is 13.5. The zero-order valence-electron chi connectivity index (χ0n) is 18.0. The van der Waals surface area contributed by atoms with Crippen LogP contribution in [0.15, 0.2) is 77.3 Å². The number of amides is 1. The van der Waals surface area contributed by atoms with Gasteiger partial charge < -0.3 is 8.92 Å². The number of para-hydroxylation sites is 1. The molecule has 0 saturated carbocycles. The number of carbonyl (C=O) groups excluding carboxylic acids is 1. The first kappa shape index (κ1) is 23.3. The minimum Gasteiger partial charge on any atom is -0.444 e. The highest BCUT2D eigenvalue weighted by Crippen LogP contribution is 2.51. The summed E-state index contributed by atoms with van der Waals surface area (Å²) in [5, 5.41) is 11.6. The number of rotatable bonds is 4. The highest BCUT2D eigenvalue weighted by molar-refractivity contribution is 9.10. The number of fused-ring (bicyclic) bond motifs is 4. The summed E-state index contributed by atoms with van der Waals surface area (Å²) in [5.41, 5.74) is 1.70. The van der Waals surface area contributed by atoms with E-state index in [1.807, 2.05) is 18.2 Å².